The van der Waals surface area contributed by atoms with Gasteiger partial charge in [-0.1, -0.05) is 6.92 Å². The highest BCUT2D eigenvalue weighted by molar-refractivity contribution is 6.12. The van der Waals surface area contributed by atoms with E-state index in [1.54, 1.807) is 30.3 Å². The van der Waals surface area contributed by atoms with Gasteiger partial charge in [0.2, 0.25) is 0 Å². The molecule has 2 aromatic heterocycles. The van der Waals surface area contributed by atoms with E-state index in [1.165, 1.54) is 4.57 Å². The van der Waals surface area contributed by atoms with Crippen LogP contribution >= 0.6 is 0 Å². The molecule has 0 unspecified atom stereocenters. The molecule has 1 fully saturated rings. The van der Waals surface area contributed by atoms with Crippen LogP contribution < -0.4 is 21.9 Å². The van der Waals surface area contributed by atoms with Crippen molar-refractivity contribution in [3.05, 3.63) is 68.0 Å². The molecule has 9 nitrogen and oxygen atoms in total. The molecule has 3 aromatic rings. The van der Waals surface area contributed by atoms with Gasteiger partial charge in [0.25, 0.3) is 17.4 Å². The predicted octanol–water partition coefficient (Wildman–Crippen LogP) is 2.76. The number of benzene rings is 1. The van der Waals surface area contributed by atoms with Gasteiger partial charge in [-0.15, -0.1) is 0 Å². The minimum absolute atomic E-state index is 0.0145. The Morgan fingerprint density at radius 2 is 1.85 bits per heavy atom. The number of carbonyl (C=O) groups excluding carboxylic acids is 2. The Morgan fingerprint density at radius 1 is 1.15 bits per heavy atom. The van der Waals surface area contributed by atoms with E-state index in [1.807, 2.05) is 20.8 Å². The molecule has 1 saturated carbocycles. The molecule has 33 heavy (non-hydrogen) atoms. The summed E-state index contributed by atoms with van der Waals surface area (Å²) in [6.45, 7) is 6.06. The van der Waals surface area contributed by atoms with Crippen LogP contribution in [-0.2, 0) is 6.54 Å². The van der Waals surface area contributed by atoms with Crippen molar-refractivity contribution in [1.29, 1.82) is 0 Å². The SMILES string of the molecule is CCCn1c(=O)[nH]c(=O)c2c(C(=O)Nc3ccc(C(=O)NC(C)C)cc3)cc(C3CC3)nc21. The molecule has 1 aliphatic rings. The minimum Gasteiger partial charge on any atom is -0.350 e. The van der Waals surface area contributed by atoms with Crippen LogP contribution in [-0.4, -0.2) is 32.4 Å². The number of rotatable bonds is 7. The number of nitrogens with one attached hydrogen (secondary N) is 3. The molecule has 1 aliphatic carbocycles. The van der Waals surface area contributed by atoms with Gasteiger partial charge >= 0.3 is 5.69 Å². The van der Waals surface area contributed by atoms with Crippen molar-refractivity contribution >= 4 is 28.5 Å². The van der Waals surface area contributed by atoms with Crippen LogP contribution in [0, 0.1) is 0 Å². The number of anilines is 1. The van der Waals surface area contributed by atoms with Gasteiger partial charge in [0.1, 0.15) is 0 Å². The average Bonchev–Trinajstić information content (AvgIpc) is 3.61. The maximum absolute atomic E-state index is 13.2. The highest BCUT2D eigenvalue weighted by atomic mass is 16.2. The van der Waals surface area contributed by atoms with E-state index in [2.05, 4.69) is 20.6 Å². The Morgan fingerprint density at radius 3 is 2.45 bits per heavy atom. The monoisotopic (exact) mass is 449 g/mol. The molecule has 2 heterocycles. The van der Waals surface area contributed by atoms with E-state index in [0.29, 0.717) is 29.9 Å². The molecular weight excluding hydrogens is 422 g/mol. The average molecular weight is 450 g/mol. The lowest BCUT2D eigenvalue weighted by atomic mass is 10.1. The first kappa shape index (κ1) is 22.4. The first-order chi connectivity index (χ1) is 15.8. The first-order valence-electron chi connectivity index (χ1n) is 11.2. The molecule has 4 rings (SSSR count). The fourth-order valence-electron chi connectivity index (χ4n) is 3.74. The number of amides is 2. The molecule has 0 bridgehead atoms. The second kappa shape index (κ2) is 9.01. The zero-order chi connectivity index (χ0) is 23.7. The largest absolute Gasteiger partial charge is 0.350 e. The number of aryl methyl sites for hydroxylation is 1. The number of nitrogens with zero attached hydrogens (tertiary/aromatic N) is 2. The van der Waals surface area contributed by atoms with E-state index < -0.39 is 17.2 Å². The van der Waals surface area contributed by atoms with Gasteiger partial charge in [0.05, 0.1) is 10.9 Å². The number of hydrogen-bond acceptors (Lipinski definition) is 5. The van der Waals surface area contributed by atoms with Gasteiger partial charge in [0, 0.05) is 35.4 Å². The molecule has 0 radical (unpaired) electrons. The molecule has 1 aromatic carbocycles. The van der Waals surface area contributed by atoms with Crippen LogP contribution in [0.5, 0.6) is 0 Å². The van der Waals surface area contributed by atoms with E-state index in [4.69, 9.17) is 0 Å². The standard InChI is InChI=1S/C24H27N5O4/c1-4-11-29-20-19(23(32)28-24(29)33)17(12-18(27-20)14-5-6-14)22(31)26-16-9-7-15(8-10-16)21(30)25-13(2)3/h7-10,12-14H,4-6,11H2,1-3H3,(H,25,30)(H,26,31)(H,28,32,33). The van der Waals surface area contributed by atoms with Crippen LogP contribution in [0.1, 0.15) is 72.4 Å². The van der Waals surface area contributed by atoms with Gasteiger partial charge in [0.15, 0.2) is 5.65 Å². The number of H-pyrrole nitrogens is 1. The van der Waals surface area contributed by atoms with Gasteiger partial charge in [-0.25, -0.2) is 9.78 Å². The molecule has 0 spiro atoms. The molecule has 172 valence electrons. The summed E-state index contributed by atoms with van der Waals surface area (Å²) < 4.78 is 1.42. The Hall–Kier alpha value is -3.75. The molecule has 9 heteroatoms. The predicted molar refractivity (Wildman–Crippen MR) is 126 cm³/mol. The van der Waals surface area contributed by atoms with Gasteiger partial charge < -0.3 is 10.6 Å². The fraction of sp³-hybridized carbons (Fsp3) is 0.375. The van der Waals surface area contributed by atoms with Crippen molar-refractivity contribution in [2.45, 2.75) is 58.5 Å². The summed E-state index contributed by atoms with van der Waals surface area (Å²) in [5.74, 6) is -0.447. The number of pyridine rings is 1. The lowest BCUT2D eigenvalue weighted by molar-refractivity contribution is 0.0942. The summed E-state index contributed by atoms with van der Waals surface area (Å²) in [6, 6.07) is 8.18. The van der Waals surface area contributed by atoms with Crippen molar-refractivity contribution in [3.8, 4) is 0 Å². The lowest BCUT2D eigenvalue weighted by Gasteiger charge is -2.13. The van der Waals surface area contributed by atoms with E-state index in [9.17, 15) is 19.2 Å². The van der Waals surface area contributed by atoms with Crippen molar-refractivity contribution in [3.63, 3.8) is 0 Å². The third-order valence-corrected chi connectivity index (χ3v) is 5.48. The first-order valence-corrected chi connectivity index (χ1v) is 11.2. The zero-order valence-corrected chi connectivity index (χ0v) is 18.9. The van der Waals surface area contributed by atoms with Crippen LogP contribution in [0.4, 0.5) is 5.69 Å². The van der Waals surface area contributed by atoms with Crippen LogP contribution in [0.25, 0.3) is 11.0 Å². The van der Waals surface area contributed by atoms with E-state index in [-0.39, 0.29) is 34.5 Å². The summed E-state index contributed by atoms with van der Waals surface area (Å²) in [6.07, 6.45) is 2.59. The van der Waals surface area contributed by atoms with Crippen LogP contribution in [0.3, 0.4) is 0 Å². The van der Waals surface area contributed by atoms with E-state index >= 15 is 0 Å². The fourth-order valence-corrected chi connectivity index (χ4v) is 3.74. The second-order valence-electron chi connectivity index (χ2n) is 8.64. The Kier molecular flexibility index (Phi) is 6.13. The summed E-state index contributed by atoms with van der Waals surface area (Å²) in [5, 5.41) is 5.71. The number of fused-ring (bicyclic) bond motifs is 1. The third-order valence-electron chi connectivity index (χ3n) is 5.48. The Bertz CT molecular complexity index is 1330. The minimum atomic E-state index is -0.636. The van der Waals surface area contributed by atoms with Crippen LogP contribution in [0.15, 0.2) is 39.9 Å². The number of hydrogen-bond donors (Lipinski definition) is 3. The number of aromatic amines is 1. The molecule has 3 N–H and O–H groups in total. The lowest BCUT2D eigenvalue weighted by Crippen LogP contribution is -2.32. The maximum Gasteiger partial charge on any atom is 0.329 e. The zero-order valence-electron chi connectivity index (χ0n) is 18.9. The highest BCUT2D eigenvalue weighted by Gasteiger charge is 2.28. The smallest absolute Gasteiger partial charge is 0.329 e. The normalized spacial score (nSPS) is 13.3. The Balaban J connectivity index is 1.72. The van der Waals surface area contributed by atoms with E-state index in [0.717, 1.165) is 12.8 Å². The topological polar surface area (TPSA) is 126 Å². The molecule has 0 atom stereocenters. The molecule has 0 aliphatic heterocycles. The summed E-state index contributed by atoms with van der Waals surface area (Å²) in [4.78, 5) is 57.4. The summed E-state index contributed by atoms with van der Waals surface area (Å²) in [5.41, 5.74) is 0.919. The summed E-state index contributed by atoms with van der Waals surface area (Å²) in [7, 11) is 0. The van der Waals surface area contributed by atoms with Gasteiger partial charge in [-0.3, -0.25) is 23.9 Å². The Labute approximate surface area is 190 Å². The van der Waals surface area contributed by atoms with Gasteiger partial charge in [-0.2, -0.15) is 0 Å². The van der Waals surface area contributed by atoms with Crippen LogP contribution in [0.2, 0.25) is 0 Å². The molecule has 2 amide bonds. The number of carbonyl (C=O) groups is 2. The van der Waals surface area contributed by atoms with Gasteiger partial charge in [-0.05, 0) is 63.4 Å². The molecular formula is C24H27N5O4. The third kappa shape index (κ3) is 4.72. The van der Waals surface area contributed by atoms with Crippen molar-refractivity contribution in [1.82, 2.24) is 19.9 Å². The quantitative estimate of drug-likeness (QED) is 0.511. The second-order valence-corrected chi connectivity index (χ2v) is 8.64. The van der Waals surface area contributed by atoms with Crippen molar-refractivity contribution < 1.29 is 9.59 Å². The number of aromatic nitrogens is 3. The highest BCUT2D eigenvalue weighted by Crippen LogP contribution is 2.40. The maximum atomic E-state index is 13.2. The van der Waals surface area contributed by atoms with Crippen molar-refractivity contribution in [2.75, 3.05) is 5.32 Å². The summed E-state index contributed by atoms with van der Waals surface area (Å²) >= 11 is 0. The van der Waals surface area contributed by atoms with Crippen molar-refractivity contribution in [2.24, 2.45) is 0 Å². The molecule has 0 saturated heterocycles.